The minimum absolute atomic E-state index is 0.394. The molecular weight excluding hydrogens is 198 g/mol. The molecule has 0 saturated carbocycles. The van der Waals surface area contributed by atoms with Crippen LogP contribution in [0.5, 0.6) is 0 Å². The fraction of sp³-hybridized carbons (Fsp3) is 0.692. The molecule has 1 N–H and O–H groups in total. The van der Waals surface area contributed by atoms with Crippen molar-refractivity contribution in [2.24, 2.45) is 0 Å². The summed E-state index contributed by atoms with van der Waals surface area (Å²) in [4.78, 5) is 9.20. The monoisotopic (exact) mass is 221 g/mol. The lowest BCUT2D eigenvalue weighted by atomic mass is 9.97. The first kappa shape index (κ1) is 13.1. The van der Waals surface area contributed by atoms with Crippen LogP contribution in [0.2, 0.25) is 0 Å². The lowest BCUT2D eigenvalue weighted by molar-refractivity contribution is 0.652. The predicted octanol–water partition coefficient (Wildman–Crippen LogP) is 2.54. The maximum atomic E-state index is 4.60. The van der Waals surface area contributed by atoms with Crippen molar-refractivity contribution < 1.29 is 0 Å². The summed E-state index contributed by atoms with van der Waals surface area (Å²) in [6.45, 7) is 11.6. The summed E-state index contributed by atoms with van der Waals surface area (Å²) in [7, 11) is 1.98. The Hall–Kier alpha value is -0.960. The zero-order valence-corrected chi connectivity index (χ0v) is 11.3. The van der Waals surface area contributed by atoms with Crippen LogP contribution in [0.1, 0.15) is 55.4 Å². The minimum Gasteiger partial charge on any atom is -0.319 e. The summed E-state index contributed by atoms with van der Waals surface area (Å²) in [6.07, 6.45) is 0. The topological polar surface area (TPSA) is 37.8 Å². The van der Waals surface area contributed by atoms with Gasteiger partial charge >= 0.3 is 0 Å². The maximum absolute atomic E-state index is 4.60. The van der Waals surface area contributed by atoms with Crippen LogP contribution in [-0.2, 0) is 0 Å². The molecule has 0 spiro atoms. The Balaban J connectivity index is 3.12. The van der Waals surface area contributed by atoms with Gasteiger partial charge in [-0.25, -0.2) is 9.97 Å². The Morgan fingerprint density at radius 2 is 1.56 bits per heavy atom. The quantitative estimate of drug-likeness (QED) is 0.849. The number of aromatic nitrogens is 2. The van der Waals surface area contributed by atoms with Crippen molar-refractivity contribution in [1.29, 1.82) is 0 Å². The molecule has 0 radical (unpaired) electrons. The first-order chi connectivity index (χ1) is 7.47. The maximum Gasteiger partial charge on any atom is 0.131 e. The molecule has 90 valence electrons. The molecule has 1 unspecified atom stereocenters. The molecule has 0 aliphatic rings. The average molecular weight is 221 g/mol. The van der Waals surface area contributed by atoms with E-state index in [1.54, 1.807) is 0 Å². The molecule has 1 rings (SSSR count). The van der Waals surface area contributed by atoms with Gasteiger partial charge in [0.1, 0.15) is 5.82 Å². The van der Waals surface area contributed by atoms with Crippen LogP contribution in [0.15, 0.2) is 0 Å². The Morgan fingerprint density at radius 1 is 1.06 bits per heavy atom. The first-order valence-electron chi connectivity index (χ1n) is 5.97. The summed E-state index contributed by atoms with van der Waals surface area (Å²) in [5, 5.41) is 3.20. The molecule has 1 atom stereocenters. The van der Waals surface area contributed by atoms with Gasteiger partial charge in [0.05, 0.1) is 0 Å². The van der Waals surface area contributed by atoms with Crippen LogP contribution in [0.4, 0.5) is 0 Å². The van der Waals surface area contributed by atoms with E-state index in [2.05, 4.69) is 49.9 Å². The number of likely N-dealkylation sites (N-methyl/N-ethyl adjacent to an activating group) is 1. The van der Waals surface area contributed by atoms with Crippen molar-refractivity contribution in [2.75, 3.05) is 13.6 Å². The largest absolute Gasteiger partial charge is 0.319 e. The molecule has 1 heterocycles. The molecule has 0 aliphatic heterocycles. The zero-order valence-electron chi connectivity index (χ0n) is 11.3. The number of nitrogens with one attached hydrogen (secondary N) is 1. The molecule has 3 nitrogen and oxygen atoms in total. The van der Waals surface area contributed by atoms with Gasteiger partial charge in [0.2, 0.25) is 0 Å². The number of hydrogen-bond donors (Lipinski definition) is 1. The number of rotatable bonds is 4. The third-order valence-corrected chi connectivity index (χ3v) is 2.86. The summed E-state index contributed by atoms with van der Waals surface area (Å²) in [5.74, 6) is 1.81. The van der Waals surface area contributed by atoms with Crippen LogP contribution in [-0.4, -0.2) is 23.6 Å². The van der Waals surface area contributed by atoms with E-state index in [0.717, 1.165) is 23.8 Å². The predicted molar refractivity (Wildman–Crippen MR) is 67.9 cm³/mol. The van der Waals surface area contributed by atoms with Gasteiger partial charge in [-0.15, -0.1) is 0 Å². The lowest BCUT2D eigenvalue weighted by Gasteiger charge is -2.17. The van der Waals surface area contributed by atoms with Crippen LogP contribution in [0.3, 0.4) is 0 Å². The van der Waals surface area contributed by atoms with E-state index in [-0.39, 0.29) is 0 Å². The molecule has 1 aromatic heterocycles. The van der Waals surface area contributed by atoms with E-state index in [1.165, 1.54) is 5.56 Å². The molecule has 0 fully saturated rings. The van der Waals surface area contributed by atoms with Gasteiger partial charge in [0.15, 0.2) is 0 Å². The van der Waals surface area contributed by atoms with Crippen molar-refractivity contribution in [3.05, 3.63) is 22.8 Å². The number of nitrogens with zero attached hydrogens (tertiary/aromatic N) is 2. The SMILES string of the molecule is CNCC(C)c1c(C)nc(C(C)C)nc1C. The van der Waals surface area contributed by atoms with Gasteiger partial charge in [-0.3, -0.25) is 0 Å². The molecule has 3 heteroatoms. The number of hydrogen-bond acceptors (Lipinski definition) is 3. The summed E-state index contributed by atoms with van der Waals surface area (Å²) >= 11 is 0. The van der Waals surface area contributed by atoms with Crippen LogP contribution >= 0.6 is 0 Å². The van der Waals surface area contributed by atoms with E-state index in [4.69, 9.17) is 0 Å². The molecular formula is C13H23N3. The van der Waals surface area contributed by atoms with Crippen molar-refractivity contribution >= 4 is 0 Å². The second-order valence-corrected chi connectivity index (χ2v) is 4.78. The Morgan fingerprint density at radius 3 is 1.94 bits per heavy atom. The fourth-order valence-electron chi connectivity index (χ4n) is 2.13. The molecule has 0 amide bonds. The molecule has 16 heavy (non-hydrogen) atoms. The number of aryl methyl sites for hydroxylation is 2. The highest BCUT2D eigenvalue weighted by atomic mass is 14.9. The highest BCUT2D eigenvalue weighted by Gasteiger charge is 2.15. The van der Waals surface area contributed by atoms with Crippen LogP contribution in [0, 0.1) is 13.8 Å². The van der Waals surface area contributed by atoms with Crippen molar-refractivity contribution in [2.45, 2.75) is 46.5 Å². The van der Waals surface area contributed by atoms with Gasteiger partial charge in [0.25, 0.3) is 0 Å². The van der Waals surface area contributed by atoms with Gasteiger partial charge in [-0.2, -0.15) is 0 Å². The van der Waals surface area contributed by atoms with Crippen LogP contribution < -0.4 is 5.32 Å². The normalized spacial score (nSPS) is 13.2. The fourth-order valence-corrected chi connectivity index (χ4v) is 2.13. The second-order valence-electron chi connectivity index (χ2n) is 4.78. The van der Waals surface area contributed by atoms with E-state index in [9.17, 15) is 0 Å². The Kier molecular flexibility index (Phi) is 4.42. The van der Waals surface area contributed by atoms with E-state index < -0.39 is 0 Å². The summed E-state index contributed by atoms with van der Waals surface area (Å²) < 4.78 is 0. The van der Waals surface area contributed by atoms with Crippen molar-refractivity contribution in [3.8, 4) is 0 Å². The molecule has 0 bridgehead atoms. The van der Waals surface area contributed by atoms with Gasteiger partial charge in [-0.05, 0) is 32.4 Å². The second kappa shape index (κ2) is 5.39. The highest BCUT2D eigenvalue weighted by molar-refractivity contribution is 5.28. The third-order valence-electron chi connectivity index (χ3n) is 2.86. The van der Waals surface area contributed by atoms with Gasteiger partial charge in [0, 0.05) is 23.9 Å². The van der Waals surface area contributed by atoms with E-state index in [1.807, 2.05) is 7.05 Å². The average Bonchev–Trinajstić information content (AvgIpc) is 2.16. The van der Waals surface area contributed by atoms with Gasteiger partial charge < -0.3 is 5.32 Å². The molecule has 1 aromatic rings. The molecule has 0 aliphatic carbocycles. The van der Waals surface area contributed by atoms with Crippen LogP contribution in [0.25, 0.3) is 0 Å². The molecule has 0 saturated heterocycles. The third kappa shape index (κ3) is 2.79. The standard InChI is InChI=1S/C13H23N3/c1-8(2)13-15-10(4)12(11(5)16-13)9(3)7-14-6/h8-9,14H,7H2,1-6H3. The van der Waals surface area contributed by atoms with Crippen molar-refractivity contribution in [3.63, 3.8) is 0 Å². The lowest BCUT2D eigenvalue weighted by Crippen LogP contribution is -2.18. The summed E-state index contributed by atoms with van der Waals surface area (Å²) in [5.41, 5.74) is 3.54. The first-order valence-corrected chi connectivity index (χ1v) is 5.97. The van der Waals surface area contributed by atoms with E-state index >= 15 is 0 Å². The Labute approximate surface area is 98.7 Å². The Bertz CT molecular complexity index is 335. The molecule has 0 aromatic carbocycles. The summed E-state index contributed by atoms with van der Waals surface area (Å²) in [6, 6.07) is 0. The van der Waals surface area contributed by atoms with Gasteiger partial charge in [-0.1, -0.05) is 20.8 Å². The highest BCUT2D eigenvalue weighted by Crippen LogP contribution is 2.22. The minimum atomic E-state index is 0.394. The smallest absolute Gasteiger partial charge is 0.131 e. The van der Waals surface area contributed by atoms with E-state index in [0.29, 0.717) is 11.8 Å². The zero-order chi connectivity index (χ0) is 12.3. The van der Waals surface area contributed by atoms with Crippen molar-refractivity contribution in [1.82, 2.24) is 15.3 Å².